The molecule has 1 unspecified atom stereocenters. The van der Waals surface area contributed by atoms with Gasteiger partial charge in [0.2, 0.25) is 0 Å². The minimum Gasteiger partial charge on any atom is -0.328 e. The third kappa shape index (κ3) is 11.8. The van der Waals surface area contributed by atoms with E-state index in [0.717, 1.165) is 10.5 Å². The van der Waals surface area contributed by atoms with Crippen molar-refractivity contribution in [1.82, 2.24) is 0 Å². The molecule has 122 valence electrons. The zero-order valence-corrected chi connectivity index (χ0v) is 15.2. The monoisotopic (exact) mass is 284 g/mol. The summed E-state index contributed by atoms with van der Waals surface area (Å²) in [5, 5.41) is 0. The third-order valence-electron chi connectivity index (χ3n) is 4.71. The summed E-state index contributed by atoms with van der Waals surface area (Å²) in [7, 11) is 7.02. The number of quaternary nitrogens is 1. The normalized spacial score (nSPS) is 13.7. The lowest BCUT2D eigenvalue weighted by Gasteiger charge is -2.33. The number of unbranched alkanes of at least 4 members (excludes halogenated alkanes) is 10. The lowest BCUT2D eigenvalue weighted by Crippen LogP contribution is -2.44. The van der Waals surface area contributed by atoms with Crippen LogP contribution in [0.3, 0.4) is 0 Å². The molecule has 0 radical (unpaired) electrons. The minimum atomic E-state index is 0.855. The van der Waals surface area contributed by atoms with Crippen molar-refractivity contribution >= 4 is 0 Å². The van der Waals surface area contributed by atoms with Crippen molar-refractivity contribution in [3.63, 3.8) is 0 Å². The summed E-state index contributed by atoms with van der Waals surface area (Å²) in [5.74, 6) is 0. The van der Waals surface area contributed by atoms with Crippen molar-refractivity contribution < 1.29 is 4.48 Å². The summed E-state index contributed by atoms with van der Waals surface area (Å²) < 4.78 is 1.13. The maximum atomic E-state index is 2.34. The summed E-state index contributed by atoms with van der Waals surface area (Å²) >= 11 is 0. The molecule has 0 saturated heterocycles. The molecule has 0 fully saturated rings. The Morgan fingerprint density at radius 1 is 0.600 bits per heavy atom. The molecule has 20 heavy (non-hydrogen) atoms. The van der Waals surface area contributed by atoms with Gasteiger partial charge in [0.15, 0.2) is 0 Å². The first-order valence-electron chi connectivity index (χ1n) is 9.33. The maximum absolute atomic E-state index is 2.34. The summed E-state index contributed by atoms with van der Waals surface area (Å²) in [4.78, 5) is 0. The SMILES string of the molecule is CCCCCCCCCCCCCC(CC)[N+](C)(C)C. The Labute approximate surface area is 129 Å². The average Bonchev–Trinajstić information content (AvgIpc) is 2.38. The molecule has 0 rings (SSSR count). The zero-order valence-electron chi connectivity index (χ0n) is 15.2. The van der Waals surface area contributed by atoms with Crippen LogP contribution in [0.1, 0.15) is 97.3 Å². The van der Waals surface area contributed by atoms with Crippen LogP contribution < -0.4 is 0 Å². The molecule has 0 aromatic heterocycles. The lowest BCUT2D eigenvalue weighted by atomic mass is 10.0. The van der Waals surface area contributed by atoms with Crippen LogP contribution in [-0.4, -0.2) is 31.7 Å². The molecule has 0 N–H and O–H groups in total. The second-order valence-electron chi connectivity index (χ2n) is 7.50. The molecular weight excluding hydrogens is 242 g/mol. The number of hydrogen-bond donors (Lipinski definition) is 0. The lowest BCUT2D eigenvalue weighted by molar-refractivity contribution is -0.896. The molecule has 0 aliphatic heterocycles. The van der Waals surface area contributed by atoms with Gasteiger partial charge in [-0.05, 0) is 19.3 Å². The molecule has 0 amide bonds. The number of hydrogen-bond acceptors (Lipinski definition) is 0. The molecule has 0 aromatic rings. The first-order valence-corrected chi connectivity index (χ1v) is 9.33. The highest BCUT2D eigenvalue weighted by Crippen LogP contribution is 2.17. The Bertz CT molecular complexity index is 192. The Kier molecular flexibility index (Phi) is 12.7. The van der Waals surface area contributed by atoms with E-state index in [1.165, 1.54) is 83.5 Å². The fourth-order valence-corrected chi connectivity index (χ4v) is 3.18. The van der Waals surface area contributed by atoms with Crippen LogP contribution in [0, 0.1) is 0 Å². The van der Waals surface area contributed by atoms with Crippen LogP contribution in [0.2, 0.25) is 0 Å². The molecule has 1 nitrogen and oxygen atoms in total. The van der Waals surface area contributed by atoms with E-state index in [2.05, 4.69) is 35.0 Å². The van der Waals surface area contributed by atoms with Gasteiger partial charge < -0.3 is 4.48 Å². The highest BCUT2D eigenvalue weighted by atomic mass is 15.3. The van der Waals surface area contributed by atoms with Gasteiger partial charge in [0.05, 0.1) is 27.2 Å². The molecule has 0 heterocycles. The molecule has 1 heteroatoms. The highest BCUT2D eigenvalue weighted by molar-refractivity contribution is 4.56. The van der Waals surface area contributed by atoms with Gasteiger partial charge in [0.1, 0.15) is 0 Å². The van der Waals surface area contributed by atoms with Gasteiger partial charge in [-0.25, -0.2) is 0 Å². The quantitative estimate of drug-likeness (QED) is 0.264. The topological polar surface area (TPSA) is 0 Å². The van der Waals surface area contributed by atoms with E-state index in [9.17, 15) is 0 Å². The van der Waals surface area contributed by atoms with Crippen LogP contribution in [0.4, 0.5) is 0 Å². The molecule has 0 aliphatic rings. The Morgan fingerprint density at radius 3 is 1.35 bits per heavy atom. The second-order valence-corrected chi connectivity index (χ2v) is 7.50. The van der Waals surface area contributed by atoms with Gasteiger partial charge in [0.25, 0.3) is 0 Å². The van der Waals surface area contributed by atoms with Gasteiger partial charge in [-0.3, -0.25) is 0 Å². The predicted molar refractivity (Wildman–Crippen MR) is 93.2 cm³/mol. The fourth-order valence-electron chi connectivity index (χ4n) is 3.18. The van der Waals surface area contributed by atoms with Crippen molar-refractivity contribution in [3.05, 3.63) is 0 Å². The highest BCUT2D eigenvalue weighted by Gasteiger charge is 2.20. The third-order valence-corrected chi connectivity index (χ3v) is 4.71. The van der Waals surface area contributed by atoms with E-state index in [4.69, 9.17) is 0 Å². The van der Waals surface area contributed by atoms with E-state index in [0.29, 0.717) is 0 Å². The van der Waals surface area contributed by atoms with Crippen LogP contribution in [0.25, 0.3) is 0 Å². The molecule has 0 bridgehead atoms. The van der Waals surface area contributed by atoms with Crippen LogP contribution >= 0.6 is 0 Å². The molecule has 1 atom stereocenters. The average molecular weight is 285 g/mol. The van der Waals surface area contributed by atoms with E-state index < -0.39 is 0 Å². The summed E-state index contributed by atoms with van der Waals surface area (Å²) in [6.07, 6.45) is 18.7. The first-order chi connectivity index (χ1) is 9.52. The Hall–Kier alpha value is -0.0400. The van der Waals surface area contributed by atoms with Crippen molar-refractivity contribution in [3.8, 4) is 0 Å². The minimum absolute atomic E-state index is 0.855. The number of nitrogens with zero attached hydrogens (tertiary/aromatic N) is 1. The van der Waals surface area contributed by atoms with E-state index in [-0.39, 0.29) is 0 Å². The Morgan fingerprint density at radius 2 is 1.00 bits per heavy atom. The van der Waals surface area contributed by atoms with Gasteiger partial charge in [0, 0.05) is 0 Å². The molecule has 0 spiro atoms. The van der Waals surface area contributed by atoms with Crippen molar-refractivity contribution in [2.75, 3.05) is 21.1 Å². The smallest absolute Gasteiger partial charge is 0.0881 e. The molecular formula is C19H42N+. The van der Waals surface area contributed by atoms with Crippen molar-refractivity contribution in [1.29, 1.82) is 0 Å². The van der Waals surface area contributed by atoms with Crippen molar-refractivity contribution in [2.24, 2.45) is 0 Å². The van der Waals surface area contributed by atoms with Gasteiger partial charge >= 0.3 is 0 Å². The van der Waals surface area contributed by atoms with Crippen LogP contribution in [0.15, 0.2) is 0 Å². The summed E-state index contributed by atoms with van der Waals surface area (Å²) in [5.41, 5.74) is 0. The second kappa shape index (κ2) is 12.7. The largest absolute Gasteiger partial charge is 0.328 e. The van der Waals surface area contributed by atoms with Gasteiger partial charge in [-0.2, -0.15) is 0 Å². The molecule has 0 aliphatic carbocycles. The summed E-state index contributed by atoms with van der Waals surface area (Å²) in [6.45, 7) is 4.63. The standard InChI is InChI=1S/C19H42N/c1-6-8-9-10-11-12-13-14-15-16-17-18-19(7-2)20(3,4)5/h19H,6-18H2,1-5H3/q+1. The number of rotatable bonds is 14. The zero-order chi connectivity index (χ0) is 15.3. The van der Waals surface area contributed by atoms with E-state index >= 15 is 0 Å². The molecule has 0 aromatic carbocycles. The molecule has 0 saturated carbocycles. The van der Waals surface area contributed by atoms with E-state index in [1.54, 1.807) is 0 Å². The Balaban J connectivity index is 3.28. The van der Waals surface area contributed by atoms with Crippen molar-refractivity contribution in [2.45, 2.75) is 103 Å². The predicted octanol–water partition coefficient (Wildman–Crippen LogP) is 6.17. The fraction of sp³-hybridized carbons (Fsp3) is 1.00. The summed E-state index contributed by atoms with van der Waals surface area (Å²) in [6, 6.07) is 0.855. The van der Waals surface area contributed by atoms with E-state index in [1.807, 2.05) is 0 Å². The van der Waals surface area contributed by atoms with Gasteiger partial charge in [-0.1, -0.05) is 78.1 Å². The maximum Gasteiger partial charge on any atom is 0.0881 e. The van der Waals surface area contributed by atoms with Gasteiger partial charge in [-0.15, -0.1) is 0 Å². The first kappa shape index (κ1) is 20.0. The van der Waals surface area contributed by atoms with Crippen LogP contribution in [0.5, 0.6) is 0 Å². The van der Waals surface area contributed by atoms with Crippen LogP contribution in [-0.2, 0) is 0 Å².